The Morgan fingerprint density at radius 3 is 2.72 bits per heavy atom. The summed E-state index contributed by atoms with van der Waals surface area (Å²) in [5.41, 5.74) is 2.12. The van der Waals surface area contributed by atoms with Crippen molar-refractivity contribution in [3.63, 3.8) is 0 Å². The van der Waals surface area contributed by atoms with Crippen LogP contribution < -0.4 is 5.32 Å². The number of nitrogens with one attached hydrogen (secondary N) is 2. The number of rotatable bonds is 5. The van der Waals surface area contributed by atoms with E-state index in [1.54, 1.807) is 0 Å². The molecule has 0 bridgehead atoms. The highest BCUT2D eigenvalue weighted by molar-refractivity contribution is 5.89. The van der Waals surface area contributed by atoms with Crippen molar-refractivity contribution in [1.29, 1.82) is 0 Å². The van der Waals surface area contributed by atoms with Gasteiger partial charge in [0.05, 0.1) is 0 Å². The summed E-state index contributed by atoms with van der Waals surface area (Å²) in [6, 6.07) is 7.55. The van der Waals surface area contributed by atoms with Gasteiger partial charge in [-0.05, 0) is 30.4 Å². The van der Waals surface area contributed by atoms with E-state index in [0.717, 1.165) is 42.4 Å². The van der Waals surface area contributed by atoms with Crippen molar-refractivity contribution in [3.05, 3.63) is 36.0 Å². The summed E-state index contributed by atoms with van der Waals surface area (Å²) in [4.78, 5) is 30.1. The molecular formula is C20H27N3O2. The zero-order chi connectivity index (χ0) is 17.8. The van der Waals surface area contributed by atoms with Gasteiger partial charge in [-0.1, -0.05) is 32.0 Å². The minimum atomic E-state index is -0.500. The van der Waals surface area contributed by atoms with Crippen LogP contribution in [0.5, 0.6) is 0 Å². The lowest BCUT2D eigenvalue weighted by molar-refractivity contribution is -0.137. The van der Waals surface area contributed by atoms with E-state index in [0.29, 0.717) is 18.8 Å². The molecular weight excluding hydrogens is 314 g/mol. The number of H-pyrrole nitrogens is 1. The van der Waals surface area contributed by atoms with Gasteiger partial charge in [-0.2, -0.15) is 0 Å². The normalized spacial score (nSPS) is 16.8. The summed E-state index contributed by atoms with van der Waals surface area (Å²) >= 11 is 0. The lowest BCUT2D eigenvalue weighted by Gasteiger charge is -2.33. The van der Waals surface area contributed by atoms with E-state index in [4.69, 9.17) is 0 Å². The monoisotopic (exact) mass is 341 g/mol. The molecule has 0 unspecified atom stereocenters. The topological polar surface area (TPSA) is 65.2 Å². The number of hydrogen-bond acceptors (Lipinski definition) is 2. The van der Waals surface area contributed by atoms with Gasteiger partial charge in [0.25, 0.3) is 0 Å². The first-order chi connectivity index (χ1) is 12.1. The van der Waals surface area contributed by atoms with Gasteiger partial charge in [0.2, 0.25) is 11.8 Å². The van der Waals surface area contributed by atoms with Gasteiger partial charge >= 0.3 is 0 Å². The summed E-state index contributed by atoms with van der Waals surface area (Å²) in [6.45, 7) is 5.61. The molecule has 1 saturated heterocycles. The summed E-state index contributed by atoms with van der Waals surface area (Å²) in [6.07, 6.45) is 4.91. The van der Waals surface area contributed by atoms with E-state index in [-0.39, 0.29) is 11.8 Å². The maximum Gasteiger partial charge on any atom is 0.245 e. The summed E-state index contributed by atoms with van der Waals surface area (Å²) < 4.78 is 0. The van der Waals surface area contributed by atoms with Crippen molar-refractivity contribution in [1.82, 2.24) is 15.2 Å². The smallest absolute Gasteiger partial charge is 0.245 e. The van der Waals surface area contributed by atoms with Crippen LogP contribution in [0, 0.1) is 5.92 Å². The van der Waals surface area contributed by atoms with Gasteiger partial charge in [0.15, 0.2) is 0 Å². The Kier molecular flexibility index (Phi) is 5.41. The molecule has 0 aliphatic carbocycles. The van der Waals surface area contributed by atoms with E-state index < -0.39 is 6.04 Å². The quantitative estimate of drug-likeness (QED) is 0.878. The molecule has 5 heteroatoms. The van der Waals surface area contributed by atoms with Crippen molar-refractivity contribution in [3.8, 4) is 0 Å². The number of benzene rings is 1. The number of nitrogens with zero attached hydrogens (tertiary/aromatic N) is 1. The fourth-order valence-corrected chi connectivity index (χ4v) is 3.47. The predicted octanol–water partition coefficient (Wildman–Crippen LogP) is 2.86. The maximum absolute atomic E-state index is 13.0. The molecule has 0 spiro atoms. The zero-order valence-corrected chi connectivity index (χ0v) is 15.0. The van der Waals surface area contributed by atoms with E-state index in [2.05, 4.69) is 17.2 Å². The lowest BCUT2D eigenvalue weighted by Crippen LogP contribution is -2.51. The molecule has 1 atom stereocenters. The number of para-hydroxylation sites is 1. The van der Waals surface area contributed by atoms with Crippen molar-refractivity contribution in [2.24, 2.45) is 5.92 Å². The highest BCUT2D eigenvalue weighted by Gasteiger charge is 2.28. The number of carbonyl (C=O) groups is 2. The SMILES string of the molecule is CCC(=O)N[C@H](Cc1c[nH]c2ccccc12)C(=O)N1CCC(C)CC1. The Labute approximate surface area is 148 Å². The molecule has 2 heterocycles. The van der Waals surface area contributed by atoms with Gasteiger partial charge in [-0.3, -0.25) is 9.59 Å². The highest BCUT2D eigenvalue weighted by Crippen LogP contribution is 2.21. The third kappa shape index (κ3) is 4.03. The zero-order valence-electron chi connectivity index (χ0n) is 15.0. The standard InChI is InChI=1S/C20H27N3O2/c1-3-19(24)22-18(20(25)23-10-8-14(2)9-11-23)12-15-13-21-17-7-5-4-6-16(15)17/h4-7,13-14,18,21H,3,8-12H2,1-2H3,(H,22,24)/t18-/m1/s1. The van der Waals surface area contributed by atoms with E-state index in [1.807, 2.05) is 42.3 Å². The van der Waals surface area contributed by atoms with Crippen LogP contribution in [0.15, 0.2) is 30.5 Å². The van der Waals surface area contributed by atoms with Crippen LogP contribution in [-0.4, -0.2) is 40.8 Å². The first-order valence-corrected chi connectivity index (χ1v) is 9.21. The van der Waals surface area contributed by atoms with Crippen LogP contribution >= 0.6 is 0 Å². The molecule has 2 aromatic rings. The van der Waals surface area contributed by atoms with Crippen molar-refractivity contribution in [2.45, 2.75) is 45.6 Å². The molecule has 1 aliphatic rings. The first kappa shape index (κ1) is 17.5. The van der Waals surface area contributed by atoms with E-state index in [9.17, 15) is 9.59 Å². The van der Waals surface area contributed by atoms with Crippen molar-refractivity contribution in [2.75, 3.05) is 13.1 Å². The number of amides is 2. The van der Waals surface area contributed by atoms with E-state index in [1.165, 1.54) is 0 Å². The molecule has 1 aromatic carbocycles. The number of aromatic amines is 1. The van der Waals surface area contributed by atoms with Crippen molar-refractivity contribution >= 4 is 22.7 Å². The van der Waals surface area contributed by atoms with Crippen LogP contribution in [0.4, 0.5) is 0 Å². The Morgan fingerprint density at radius 2 is 2.00 bits per heavy atom. The van der Waals surface area contributed by atoms with Gasteiger partial charge in [0, 0.05) is 43.0 Å². The number of aromatic nitrogens is 1. The molecule has 0 radical (unpaired) electrons. The van der Waals surface area contributed by atoms with Crippen LogP contribution in [0.3, 0.4) is 0 Å². The molecule has 134 valence electrons. The fraction of sp³-hybridized carbons (Fsp3) is 0.500. The maximum atomic E-state index is 13.0. The second-order valence-corrected chi connectivity index (χ2v) is 7.05. The second kappa shape index (κ2) is 7.72. The van der Waals surface area contributed by atoms with Gasteiger partial charge in [-0.25, -0.2) is 0 Å². The predicted molar refractivity (Wildman–Crippen MR) is 99.2 cm³/mol. The third-order valence-electron chi connectivity index (χ3n) is 5.15. The fourth-order valence-electron chi connectivity index (χ4n) is 3.47. The first-order valence-electron chi connectivity index (χ1n) is 9.21. The molecule has 0 saturated carbocycles. The molecule has 3 rings (SSSR count). The van der Waals surface area contributed by atoms with Crippen LogP contribution in [0.1, 0.15) is 38.7 Å². The third-order valence-corrected chi connectivity index (χ3v) is 5.15. The summed E-state index contributed by atoms with van der Waals surface area (Å²) in [7, 11) is 0. The number of hydrogen-bond donors (Lipinski definition) is 2. The van der Waals surface area contributed by atoms with E-state index >= 15 is 0 Å². The molecule has 5 nitrogen and oxygen atoms in total. The Morgan fingerprint density at radius 1 is 1.28 bits per heavy atom. The lowest BCUT2D eigenvalue weighted by atomic mass is 9.97. The van der Waals surface area contributed by atoms with Gasteiger partial charge in [0.1, 0.15) is 6.04 Å². The van der Waals surface area contributed by atoms with Crippen molar-refractivity contribution < 1.29 is 9.59 Å². The molecule has 1 aromatic heterocycles. The van der Waals surface area contributed by atoms with Crippen LogP contribution in [-0.2, 0) is 16.0 Å². The highest BCUT2D eigenvalue weighted by atomic mass is 16.2. The second-order valence-electron chi connectivity index (χ2n) is 7.05. The summed E-state index contributed by atoms with van der Waals surface area (Å²) in [5, 5.41) is 4.04. The largest absolute Gasteiger partial charge is 0.361 e. The minimum absolute atomic E-state index is 0.0407. The van der Waals surface area contributed by atoms with Gasteiger partial charge < -0.3 is 15.2 Å². The molecule has 25 heavy (non-hydrogen) atoms. The van der Waals surface area contributed by atoms with Crippen LogP contribution in [0.25, 0.3) is 10.9 Å². The Balaban J connectivity index is 1.79. The average Bonchev–Trinajstić information content (AvgIpc) is 3.04. The average molecular weight is 341 g/mol. The summed E-state index contributed by atoms with van der Waals surface area (Å²) in [5.74, 6) is 0.629. The molecule has 2 N–H and O–H groups in total. The number of carbonyl (C=O) groups excluding carboxylic acids is 2. The number of likely N-dealkylation sites (tertiary alicyclic amines) is 1. The minimum Gasteiger partial charge on any atom is -0.361 e. The molecule has 1 fully saturated rings. The number of piperidine rings is 1. The Bertz CT molecular complexity index is 744. The van der Waals surface area contributed by atoms with Crippen LogP contribution in [0.2, 0.25) is 0 Å². The molecule has 1 aliphatic heterocycles. The number of fused-ring (bicyclic) bond motifs is 1. The van der Waals surface area contributed by atoms with Gasteiger partial charge in [-0.15, -0.1) is 0 Å². The Hall–Kier alpha value is -2.30. The molecule has 2 amide bonds.